The van der Waals surface area contributed by atoms with E-state index in [1.807, 2.05) is 6.92 Å². The van der Waals surface area contributed by atoms with E-state index in [9.17, 15) is 4.79 Å². The number of carboxylic acid groups (broad SMARTS) is 1. The molecule has 1 saturated heterocycles. The van der Waals surface area contributed by atoms with Gasteiger partial charge >= 0.3 is 5.97 Å². The minimum Gasteiger partial charge on any atom is -0.481 e. The maximum absolute atomic E-state index is 10.3. The molecule has 4 heteroatoms. The number of ether oxygens (including phenoxy) is 1. The first-order chi connectivity index (χ1) is 4.62. The molecule has 0 aromatic carbocycles. The summed E-state index contributed by atoms with van der Waals surface area (Å²) in [6.45, 7) is 2.49. The first kappa shape index (κ1) is 7.88. The zero-order chi connectivity index (χ0) is 7.61. The molecule has 1 atom stereocenters. The van der Waals surface area contributed by atoms with Crippen molar-refractivity contribution < 1.29 is 14.6 Å². The lowest BCUT2D eigenvalue weighted by molar-refractivity contribution is -0.140. The zero-order valence-electron chi connectivity index (χ0n) is 5.79. The van der Waals surface area contributed by atoms with Gasteiger partial charge in [0.1, 0.15) is 4.93 Å². The molecule has 1 N–H and O–H groups in total. The highest BCUT2D eigenvalue weighted by Gasteiger charge is 2.32. The summed E-state index contributed by atoms with van der Waals surface area (Å²) >= 11 is 1.57. The van der Waals surface area contributed by atoms with Crippen LogP contribution in [0.5, 0.6) is 0 Å². The van der Waals surface area contributed by atoms with Gasteiger partial charge < -0.3 is 9.84 Å². The van der Waals surface area contributed by atoms with Crippen molar-refractivity contribution in [2.75, 3.05) is 12.4 Å². The van der Waals surface area contributed by atoms with Crippen molar-refractivity contribution in [1.29, 1.82) is 0 Å². The SMILES string of the molecule is CC1(CC(=O)O)OCCS1. The molecular weight excluding hydrogens is 152 g/mol. The number of carboxylic acids is 1. The van der Waals surface area contributed by atoms with Gasteiger partial charge in [0, 0.05) is 5.75 Å². The van der Waals surface area contributed by atoms with Gasteiger partial charge in [0.15, 0.2) is 0 Å². The van der Waals surface area contributed by atoms with Crippen LogP contribution >= 0.6 is 11.8 Å². The van der Waals surface area contributed by atoms with E-state index in [-0.39, 0.29) is 6.42 Å². The van der Waals surface area contributed by atoms with Crippen LogP contribution in [0.1, 0.15) is 13.3 Å². The molecule has 1 aliphatic rings. The maximum Gasteiger partial charge on any atom is 0.307 e. The Hall–Kier alpha value is -0.220. The average Bonchev–Trinajstić information content (AvgIpc) is 2.12. The number of carbonyl (C=O) groups is 1. The van der Waals surface area contributed by atoms with Gasteiger partial charge in [-0.15, -0.1) is 11.8 Å². The minimum atomic E-state index is -0.795. The standard InChI is InChI=1S/C6H10O3S/c1-6(4-5(7)8)9-2-3-10-6/h2-4H2,1H3,(H,7,8). The summed E-state index contributed by atoms with van der Waals surface area (Å²) < 4.78 is 5.23. The number of aliphatic carboxylic acids is 1. The molecule has 58 valence electrons. The van der Waals surface area contributed by atoms with Crippen molar-refractivity contribution in [3.05, 3.63) is 0 Å². The van der Waals surface area contributed by atoms with Crippen molar-refractivity contribution in [1.82, 2.24) is 0 Å². The molecule has 3 nitrogen and oxygen atoms in total. The average molecular weight is 162 g/mol. The number of hydrogen-bond donors (Lipinski definition) is 1. The summed E-state index contributed by atoms with van der Waals surface area (Å²) in [6.07, 6.45) is 0.0949. The molecule has 1 unspecified atom stereocenters. The monoisotopic (exact) mass is 162 g/mol. The van der Waals surface area contributed by atoms with Crippen LogP contribution in [0.4, 0.5) is 0 Å². The van der Waals surface area contributed by atoms with E-state index in [0.717, 1.165) is 5.75 Å². The van der Waals surface area contributed by atoms with E-state index in [2.05, 4.69) is 0 Å². The van der Waals surface area contributed by atoms with Gasteiger partial charge in [0.05, 0.1) is 13.0 Å². The Balaban J connectivity index is 2.43. The summed E-state index contributed by atoms with van der Waals surface area (Å²) in [5, 5.41) is 8.45. The van der Waals surface area contributed by atoms with Gasteiger partial charge in [-0.05, 0) is 6.92 Å². The first-order valence-corrected chi connectivity index (χ1v) is 4.11. The molecule has 0 aromatic rings. The zero-order valence-corrected chi connectivity index (χ0v) is 6.61. The summed E-state index contributed by atoms with van der Waals surface area (Å²) in [5.41, 5.74) is 0. The predicted molar refractivity (Wildman–Crippen MR) is 39.1 cm³/mol. The second-order valence-electron chi connectivity index (χ2n) is 2.40. The Bertz CT molecular complexity index is 140. The van der Waals surface area contributed by atoms with Gasteiger partial charge in [-0.25, -0.2) is 0 Å². The van der Waals surface area contributed by atoms with Gasteiger partial charge in [0.2, 0.25) is 0 Å². The van der Waals surface area contributed by atoms with Crippen molar-refractivity contribution in [2.45, 2.75) is 18.3 Å². The fourth-order valence-electron chi connectivity index (χ4n) is 0.934. The molecule has 0 aromatic heterocycles. The smallest absolute Gasteiger partial charge is 0.307 e. The van der Waals surface area contributed by atoms with Crippen LogP contribution in [0.2, 0.25) is 0 Å². The molecule has 0 aliphatic carbocycles. The Morgan fingerprint density at radius 1 is 1.90 bits per heavy atom. The summed E-state index contributed by atoms with van der Waals surface area (Å²) in [4.78, 5) is 9.80. The second kappa shape index (κ2) is 2.80. The second-order valence-corrected chi connectivity index (χ2v) is 3.96. The third-order valence-electron chi connectivity index (χ3n) is 1.37. The molecule has 1 fully saturated rings. The van der Waals surface area contributed by atoms with E-state index in [1.165, 1.54) is 0 Å². The fourth-order valence-corrected chi connectivity index (χ4v) is 1.92. The molecule has 0 bridgehead atoms. The third-order valence-corrected chi connectivity index (χ3v) is 2.61. The van der Waals surface area contributed by atoms with Gasteiger partial charge in [-0.2, -0.15) is 0 Å². The lowest BCUT2D eigenvalue weighted by Gasteiger charge is -2.18. The van der Waals surface area contributed by atoms with E-state index in [0.29, 0.717) is 6.61 Å². The van der Waals surface area contributed by atoms with Crippen LogP contribution in [0, 0.1) is 0 Å². The summed E-state index contributed by atoms with van der Waals surface area (Å²) in [7, 11) is 0. The van der Waals surface area contributed by atoms with Crippen LogP contribution < -0.4 is 0 Å². The quantitative estimate of drug-likeness (QED) is 0.656. The molecule has 1 aliphatic heterocycles. The minimum absolute atomic E-state index is 0.0949. The van der Waals surface area contributed by atoms with E-state index < -0.39 is 10.9 Å². The van der Waals surface area contributed by atoms with Crippen molar-refractivity contribution in [2.24, 2.45) is 0 Å². The lowest BCUT2D eigenvalue weighted by atomic mass is 10.3. The van der Waals surface area contributed by atoms with Crippen LogP contribution in [0.25, 0.3) is 0 Å². The van der Waals surface area contributed by atoms with Gasteiger partial charge in [-0.1, -0.05) is 0 Å². The Kier molecular flexibility index (Phi) is 2.21. The van der Waals surface area contributed by atoms with Crippen LogP contribution in [-0.2, 0) is 9.53 Å². The normalized spacial score (nSPS) is 32.5. The van der Waals surface area contributed by atoms with Crippen molar-refractivity contribution in [3.63, 3.8) is 0 Å². The van der Waals surface area contributed by atoms with Gasteiger partial charge in [0.25, 0.3) is 0 Å². The molecular formula is C6H10O3S. The van der Waals surface area contributed by atoms with Crippen molar-refractivity contribution >= 4 is 17.7 Å². The molecule has 10 heavy (non-hydrogen) atoms. The Morgan fingerprint density at radius 3 is 3.00 bits per heavy atom. The van der Waals surface area contributed by atoms with Crippen molar-refractivity contribution in [3.8, 4) is 0 Å². The number of rotatable bonds is 2. The number of hydrogen-bond acceptors (Lipinski definition) is 3. The van der Waals surface area contributed by atoms with E-state index >= 15 is 0 Å². The molecule has 0 spiro atoms. The van der Waals surface area contributed by atoms with Gasteiger partial charge in [-0.3, -0.25) is 4.79 Å². The summed E-state index contributed by atoms with van der Waals surface area (Å²) in [5.74, 6) is 0.112. The molecule has 0 amide bonds. The lowest BCUT2D eigenvalue weighted by Crippen LogP contribution is -2.23. The first-order valence-electron chi connectivity index (χ1n) is 3.12. The van der Waals surface area contributed by atoms with Crippen LogP contribution in [0.3, 0.4) is 0 Å². The molecule has 0 radical (unpaired) electrons. The highest BCUT2D eigenvalue weighted by Crippen LogP contribution is 2.34. The van der Waals surface area contributed by atoms with Crippen LogP contribution in [-0.4, -0.2) is 28.4 Å². The third kappa shape index (κ3) is 1.88. The molecule has 0 saturated carbocycles. The fraction of sp³-hybridized carbons (Fsp3) is 0.833. The Morgan fingerprint density at radius 2 is 2.60 bits per heavy atom. The maximum atomic E-state index is 10.3. The Labute approximate surface area is 63.8 Å². The number of thioether (sulfide) groups is 1. The molecule has 1 heterocycles. The predicted octanol–water partition coefficient (Wildman–Crippen LogP) is 0.941. The summed E-state index contributed by atoms with van der Waals surface area (Å²) in [6, 6.07) is 0. The van der Waals surface area contributed by atoms with E-state index in [1.54, 1.807) is 11.8 Å². The highest BCUT2D eigenvalue weighted by molar-refractivity contribution is 8.00. The molecule has 1 rings (SSSR count). The van der Waals surface area contributed by atoms with E-state index in [4.69, 9.17) is 9.84 Å². The highest BCUT2D eigenvalue weighted by atomic mass is 32.2. The van der Waals surface area contributed by atoms with Crippen LogP contribution in [0.15, 0.2) is 0 Å². The topological polar surface area (TPSA) is 46.5 Å². The largest absolute Gasteiger partial charge is 0.481 e.